The molecule has 0 aliphatic heterocycles. The Labute approximate surface area is 184 Å². The van der Waals surface area contributed by atoms with Crippen LogP contribution in [0.5, 0.6) is 0 Å². The normalized spacial score (nSPS) is 11.1. The lowest BCUT2D eigenvalue weighted by Gasteiger charge is -2.05. The molecule has 1 N–H and O–H groups in total. The van der Waals surface area contributed by atoms with Crippen LogP contribution in [-0.4, -0.2) is 26.9 Å². The molecule has 5 rings (SSSR count). The van der Waals surface area contributed by atoms with Crippen molar-refractivity contribution >= 4 is 22.9 Å². The second kappa shape index (κ2) is 8.65. The Hall–Kier alpha value is -4.58. The van der Waals surface area contributed by atoms with Crippen molar-refractivity contribution in [2.24, 2.45) is 5.10 Å². The number of hydrazone groups is 1. The highest BCUT2D eigenvalue weighted by Gasteiger charge is 2.18. The van der Waals surface area contributed by atoms with Gasteiger partial charge in [0.15, 0.2) is 5.82 Å². The lowest BCUT2D eigenvalue weighted by atomic mass is 10.1. The number of hydrogen-bond donors (Lipinski definition) is 1. The molecular weight excluding hydrogens is 398 g/mol. The summed E-state index contributed by atoms with van der Waals surface area (Å²) >= 11 is 0. The Balaban J connectivity index is 1.44. The summed E-state index contributed by atoms with van der Waals surface area (Å²) in [6, 6.07) is 33.2. The van der Waals surface area contributed by atoms with E-state index in [1.54, 1.807) is 10.9 Å². The predicted molar refractivity (Wildman–Crippen MR) is 126 cm³/mol. The van der Waals surface area contributed by atoms with E-state index in [-0.39, 0.29) is 5.82 Å². The molecule has 0 fully saturated rings. The fourth-order valence-corrected chi connectivity index (χ4v) is 3.51. The molecule has 0 saturated carbocycles. The molecule has 0 radical (unpaired) electrons. The summed E-state index contributed by atoms with van der Waals surface area (Å²) in [5, 5.41) is 10.8. The fraction of sp³-hybridized carbons (Fsp3) is 0. The van der Waals surface area contributed by atoms with Gasteiger partial charge in [-0.25, -0.2) is 15.1 Å². The van der Waals surface area contributed by atoms with Crippen molar-refractivity contribution in [1.29, 1.82) is 0 Å². The lowest BCUT2D eigenvalue weighted by molar-refractivity contribution is 0.0945. The molecule has 6 nitrogen and oxygen atoms in total. The molecule has 4 aromatic carbocycles. The van der Waals surface area contributed by atoms with Crippen LogP contribution in [0.1, 0.15) is 16.2 Å². The van der Waals surface area contributed by atoms with Crippen LogP contribution in [0.15, 0.2) is 108 Å². The monoisotopic (exact) mass is 417 g/mol. The maximum atomic E-state index is 12.8. The molecular formula is C26H19N5O. The van der Waals surface area contributed by atoms with E-state index in [4.69, 9.17) is 0 Å². The SMILES string of the molecule is O=C(N/N=C/c1cccc2ccccc12)c1nc(-c2ccccc2)n(-c2ccccc2)n1. The van der Waals surface area contributed by atoms with Gasteiger partial charge in [-0.3, -0.25) is 4.79 Å². The predicted octanol–water partition coefficient (Wildman–Crippen LogP) is 4.85. The van der Waals surface area contributed by atoms with Crippen molar-refractivity contribution < 1.29 is 4.79 Å². The summed E-state index contributed by atoms with van der Waals surface area (Å²) in [5.41, 5.74) is 5.14. The average Bonchev–Trinajstić information content (AvgIpc) is 3.31. The van der Waals surface area contributed by atoms with Gasteiger partial charge in [0, 0.05) is 11.1 Å². The Morgan fingerprint density at radius 1 is 0.812 bits per heavy atom. The van der Waals surface area contributed by atoms with E-state index >= 15 is 0 Å². The van der Waals surface area contributed by atoms with Crippen LogP contribution >= 0.6 is 0 Å². The number of aromatic nitrogens is 3. The zero-order chi connectivity index (χ0) is 21.8. The minimum Gasteiger partial charge on any atom is -0.264 e. The fourth-order valence-electron chi connectivity index (χ4n) is 3.51. The van der Waals surface area contributed by atoms with E-state index in [2.05, 4.69) is 20.6 Å². The molecule has 1 amide bonds. The highest BCUT2D eigenvalue weighted by molar-refractivity contribution is 6.00. The maximum absolute atomic E-state index is 12.8. The third kappa shape index (κ3) is 3.89. The smallest absolute Gasteiger partial charge is 0.264 e. The van der Waals surface area contributed by atoms with Crippen LogP contribution < -0.4 is 5.43 Å². The molecule has 0 unspecified atom stereocenters. The number of para-hydroxylation sites is 1. The Bertz CT molecular complexity index is 1350. The number of nitrogens with zero attached hydrogens (tertiary/aromatic N) is 4. The molecule has 5 aromatic rings. The first-order valence-corrected chi connectivity index (χ1v) is 10.2. The van der Waals surface area contributed by atoms with Gasteiger partial charge in [-0.1, -0.05) is 91.0 Å². The minimum atomic E-state index is -0.478. The highest BCUT2D eigenvalue weighted by atomic mass is 16.2. The van der Waals surface area contributed by atoms with Crippen molar-refractivity contribution in [2.75, 3.05) is 0 Å². The van der Waals surface area contributed by atoms with Gasteiger partial charge in [0.05, 0.1) is 11.9 Å². The quantitative estimate of drug-likeness (QED) is 0.328. The van der Waals surface area contributed by atoms with Gasteiger partial charge in [-0.15, -0.1) is 5.10 Å². The molecule has 0 saturated heterocycles. The van der Waals surface area contributed by atoms with Crippen molar-refractivity contribution in [3.63, 3.8) is 0 Å². The van der Waals surface area contributed by atoms with E-state index in [0.29, 0.717) is 5.82 Å². The van der Waals surface area contributed by atoms with Crippen LogP contribution in [0.2, 0.25) is 0 Å². The van der Waals surface area contributed by atoms with Gasteiger partial charge in [-0.05, 0) is 22.9 Å². The number of rotatable bonds is 5. The number of carbonyl (C=O) groups is 1. The van der Waals surface area contributed by atoms with Crippen molar-refractivity contribution in [3.8, 4) is 17.1 Å². The molecule has 1 heterocycles. The van der Waals surface area contributed by atoms with Gasteiger partial charge in [0.25, 0.3) is 0 Å². The minimum absolute atomic E-state index is 0.0442. The van der Waals surface area contributed by atoms with Crippen molar-refractivity contribution in [1.82, 2.24) is 20.2 Å². The standard InChI is InChI=1S/C26H19N5O/c32-26(29-27-18-21-14-9-13-19-10-7-8-17-23(19)21)24-28-25(20-11-3-1-4-12-20)31(30-24)22-15-5-2-6-16-22/h1-18H,(H,29,32)/b27-18+. The van der Waals surface area contributed by atoms with Crippen LogP contribution in [0.25, 0.3) is 27.8 Å². The van der Waals surface area contributed by atoms with Gasteiger partial charge >= 0.3 is 5.91 Å². The Morgan fingerprint density at radius 2 is 1.50 bits per heavy atom. The lowest BCUT2D eigenvalue weighted by Crippen LogP contribution is -2.19. The first-order valence-electron chi connectivity index (χ1n) is 10.2. The van der Waals surface area contributed by atoms with Gasteiger partial charge < -0.3 is 0 Å². The summed E-state index contributed by atoms with van der Waals surface area (Å²) in [5.74, 6) is 0.149. The molecule has 0 atom stereocenters. The molecule has 1 aromatic heterocycles. The van der Waals surface area contributed by atoms with Gasteiger partial charge in [0.1, 0.15) is 0 Å². The van der Waals surface area contributed by atoms with Crippen molar-refractivity contribution in [3.05, 3.63) is 115 Å². The molecule has 0 spiro atoms. The third-order valence-corrected chi connectivity index (χ3v) is 5.04. The number of nitrogens with one attached hydrogen (secondary N) is 1. The number of carbonyl (C=O) groups excluding carboxylic acids is 1. The molecule has 0 bridgehead atoms. The molecule has 0 aliphatic rings. The van der Waals surface area contributed by atoms with Crippen LogP contribution in [0, 0.1) is 0 Å². The molecule has 32 heavy (non-hydrogen) atoms. The van der Waals surface area contributed by atoms with Crippen LogP contribution in [0.3, 0.4) is 0 Å². The van der Waals surface area contributed by atoms with E-state index in [1.165, 1.54) is 0 Å². The first-order chi connectivity index (χ1) is 15.8. The second-order valence-electron chi connectivity index (χ2n) is 7.14. The third-order valence-electron chi connectivity index (χ3n) is 5.04. The highest BCUT2D eigenvalue weighted by Crippen LogP contribution is 2.21. The first kappa shape index (κ1) is 19.4. The maximum Gasteiger partial charge on any atom is 0.311 e. The zero-order valence-electron chi connectivity index (χ0n) is 17.1. The number of hydrogen-bond acceptors (Lipinski definition) is 4. The van der Waals surface area contributed by atoms with Crippen molar-refractivity contribution in [2.45, 2.75) is 0 Å². The van der Waals surface area contributed by atoms with Gasteiger partial charge in [-0.2, -0.15) is 5.10 Å². The Kier molecular flexibility index (Phi) is 5.24. The summed E-state index contributed by atoms with van der Waals surface area (Å²) in [7, 11) is 0. The summed E-state index contributed by atoms with van der Waals surface area (Å²) in [6.45, 7) is 0. The number of amides is 1. The van der Waals surface area contributed by atoms with E-state index < -0.39 is 5.91 Å². The van der Waals surface area contributed by atoms with E-state index in [0.717, 1.165) is 27.6 Å². The topological polar surface area (TPSA) is 72.2 Å². The summed E-state index contributed by atoms with van der Waals surface area (Å²) in [6.07, 6.45) is 1.63. The summed E-state index contributed by atoms with van der Waals surface area (Å²) in [4.78, 5) is 17.3. The second-order valence-corrected chi connectivity index (χ2v) is 7.14. The largest absolute Gasteiger partial charge is 0.311 e. The van der Waals surface area contributed by atoms with E-state index in [1.807, 2.05) is 103 Å². The average molecular weight is 417 g/mol. The van der Waals surface area contributed by atoms with E-state index in [9.17, 15) is 4.79 Å². The number of benzene rings is 4. The van der Waals surface area contributed by atoms with Crippen LogP contribution in [0.4, 0.5) is 0 Å². The Morgan fingerprint density at radius 3 is 2.31 bits per heavy atom. The van der Waals surface area contributed by atoms with Crippen LogP contribution in [-0.2, 0) is 0 Å². The molecule has 6 heteroatoms. The number of fused-ring (bicyclic) bond motifs is 1. The van der Waals surface area contributed by atoms with Gasteiger partial charge in [0.2, 0.25) is 5.82 Å². The zero-order valence-corrected chi connectivity index (χ0v) is 17.1. The summed E-state index contributed by atoms with van der Waals surface area (Å²) < 4.78 is 1.67. The molecule has 154 valence electrons. The molecule has 0 aliphatic carbocycles.